The standard InChI is InChI=1S/C8H6IN3O2/c9-12-8(14)4-2-1-3-5(10)6(4)7(13)11-12/h1-3H,10H2,(H,11,13). The molecule has 0 saturated carbocycles. The van der Waals surface area contributed by atoms with Crippen molar-refractivity contribution < 1.29 is 0 Å². The SMILES string of the molecule is Nc1cccc2c(=O)n(I)[nH]c(=O)c12. The molecule has 0 atom stereocenters. The van der Waals surface area contributed by atoms with E-state index in [0.29, 0.717) is 11.1 Å². The number of halogens is 1. The third-order valence-corrected chi connectivity index (χ3v) is 2.61. The fraction of sp³-hybridized carbons (Fsp3) is 0. The molecule has 3 N–H and O–H groups in total. The fourth-order valence-corrected chi connectivity index (χ4v) is 1.78. The quantitative estimate of drug-likeness (QED) is 0.548. The molecule has 6 heteroatoms. The second kappa shape index (κ2) is 3.12. The Morgan fingerprint density at radius 1 is 1.36 bits per heavy atom. The van der Waals surface area contributed by atoms with Gasteiger partial charge in [-0.2, -0.15) is 2.90 Å². The Morgan fingerprint density at radius 2 is 2.07 bits per heavy atom. The second-order valence-corrected chi connectivity index (χ2v) is 3.76. The highest BCUT2D eigenvalue weighted by Gasteiger charge is 2.07. The summed E-state index contributed by atoms with van der Waals surface area (Å²) in [5.74, 6) is 0. The number of nitrogens with two attached hydrogens (primary N) is 1. The summed E-state index contributed by atoms with van der Waals surface area (Å²) < 4.78 is 1.11. The molecule has 0 radical (unpaired) electrons. The van der Waals surface area contributed by atoms with Crippen molar-refractivity contribution in [3.05, 3.63) is 38.9 Å². The molecule has 0 aliphatic carbocycles. The van der Waals surface area contributed by atoms with Gasteiger partial charge in [0.15, 0.2) is 0 Å². The van der Waals surface area contributed by atoms with E-state index >= 15 is 0 Å². The van der Waals surface area contributed by atoms with E-state index in [-0.39, 0.29) is 16.5 Å². The summed E-state index contributed by atoms with van der Waals surface area (Å²) in [4.78, 5) is 23.0. The van der Waals surface area contributed by atoms with Gasteiger partial charge < -0.3 is 5.73 Å². The van der Waals surface area contributed by atoms with Crippen LogP contribution in [0.5, 0.6) is 0 Å². The molecule has 0 aliphatic heterocycles. The molecule has 0 aliphatic rings. The molecule has 0 fully saturated rings. The summed E-state index contributed by atoms with van der Waals surface area (Å²) in [6.07, 6.45) is 0. The van der Waals surface area contributed by atoms with E-state index in [0.717, 1.165) is 2.90 Å². The van der Waals surface area contributed by atoms with Crippen LogP contribution in [0.1, 0.15) is 0 Å². The number of benzene rings is 1. The lowest BCUT2D eigenvalue weighted by atomic mass is 10.2. The lowest BCUT2D eigenvalue weighted by Crippen LogP contribution is -2.24. The third kappa shape index (κ3) is 1.22. The first-order valence-corrected chi connectivity index (χ1v) is 4.77. The number of nitrogen functional groups attached to an aromatic ring is 1. The van der Waals surface area contributed by atoms with Gasteiger partial charge in [-0.3, -0.25) is 14.7 Å². The molecule has 1 aromatic carbocycles. The Labute approximate surface area is 92.0 Å². The summed E-state index contributed by atoms with van der Waals surface area (Å²) in [7, 11) is 0. The van der Waals surface area contributed by atoms with Crippen LogP contribution in [0.25, 0.3) is 10.8 Å². The van der Waals surface area contributed by atoms with Gasteiger partial charge >= 0.3 is 0 Å². The van der Waals surface area contributed by atoms with Crippen molar-refractivity contribution >= 4 is 39.3 Å². The first-order valence-electron chi connectivity index (χ1n) is 3.81. The molecule has 0 unspecified atom stereocenters. The van der Waals surface area contributed by atoms with Crippen molar-refractivity contribution in [3.63, 3.8) is 0 Å². The summed E-state index contributed by atoms with van der Waals surface area (Å²) in [5.41, 5.74) is 5.30. The minimum absolute atomic E-state index is 0.255. The van der Waals surface area contributed by atoms with Gasteiger partial charge in [-0.25, -0.2) is 0 Å². The van der Waals surface area contributed by atoms with Gasteiger partial charge in [-0.05, 0) is 12.1 Å². The van der Waals surface area contributed by atoms with E-state index in [1.54, 1.807) is 41.1 Å². The largest absolute Gasteiger partial charge is 0.398 e. The number of anilines is 1. The number of nitrogens with zero attached hydrogens (tertiary/aromatic N) is 1. The van der Waals surface area contributed by atoms with Gasteiger partial charge in [-0.1, -0.05) is 6.07 Å². The number of aromatic amines is 1. The Bertz CT molecular complexity index is 614. The minimum atomic E-state index is -0.355. The first-order chi connectivity index (χ1) is 6.61. The van der Waals surface area contributed by atoms with Crippen molar-refractivity contribution in [2.75, 3.05) is 5.73 Å². The summed E-state index contributed by atoms with van der Waals surface area (Å²) in [6.45, 7) is 0. The van der Waals surface area contributed by atoms with Crippen LogP contribution in [0.2, 0.25) is 0 Å². The Balaban J connectivity index is 3.18. The number of fused-ring (bicyclic) bond motifs is 1. The van der Waals surface area contributed by atoms with E-state index in [1.807, 2.05) is 0 Å². The van der Waals surface area contributed by atoms with Crippen LogP contribution in [0.4, 0.5) is 5.69 Å². The lowest BCUT2D eigenvalue weighted by molar-refractivity contribution is 0.947. The zero-order valence-corrected chi connectivity index (χ0v) is 9.11. The molecule has 72 valence electrons. The van der Waals surface area contributed by atoms with Crippen molar-refractivity contribution in [1.29, 1.82) is 0 Å². The predicted octanol–water partition coefficient (Wildman–Crippen LogP) is 0.470. The van der Waals surface area contributed by atoms with Crippen LogP contribution < -0.4 is 16.9 Å². The Morgan fingerprint density at radius 3 is 2.79 bits per heavy atom. The van der Waals surface area contributed by atoms with Crippen molar-refractivity contribution in [2.45, 2.75) is 0 Å². The maximum atomic E-state index is 11.6. The van der Waals surface area contributed by atoms with Gasteiger partial charge in [-0.15, -0.1) is 0 Å². The molecule has 0 amide bonds. The Kier molecular flexibility index (Phi) is 2.06. The summed E-state index contributed by atoms with van der Waals surface area (Å²) in [5, 5.41) is 2.97. The molecule has 0 saturated heterocycles. The minimum Gasteiger partial charge on any atom is -0.398 e. The highest BCUT2D eigenvalue weighted by molar-refractivity contribution is 14.1. The average Bonchev–Trinajstić information content (AvgIpc) is 2.14. The van der Waals surface area contributed by atoms with Crippen LogP contribution in [0.15, 0.2) is 27.8 Å². The van der Waals surface area contributed by atoms with Crippen molar-refractivity contribution in [1.82, 2.24) is 7.99 Å². The zero-order valence-electron chi connectivity index (χ0n) is 6.95. The molecule has 0 bridgehead atoms. The highest BCUT2D eigenvalue weighted by Crippen LogP contribution is 2.12. The van der Waals surface area contributed by atoms with E-state index in [9.17, 15) is 9.59 Å². The number of aromatic nitrogens is 2. The predicted molar refractivity (Wildman–Crippen MR) is 62.7 cm³/mol. The summed E-state index contributed by atoms with van der Waals surface area (Å²) in [6, 6.07) is 4.82. The molecule has 2 aromatic rings. The van der Waals surface area contributed by atoms with E-state index in [2.05, 4.69) is 5.10 Å². The van der Waals surface area contributed by atoms with Crippen LogP contribution in [-0.2, 0) is 0 Å². The van der Waals surface area contributed by atoms with E-state index in [1.165, 1.54) is 0 Å². The molecule has 1 aromatic heterocycles. The van der Waals surface area contributed by atoms with Crippen molar-refractivity contribution in [3.8, 4) is 0 Å². The van der Waals surface area contributed by atoms with E-state index < -0.39 is 0 Å². The first kappa shape index (κ1) is 9.25. The number of nitrogens with one attached hydrogen (secondary N) is 1. The van der Waals surface area contributed by atoms with E-state index in [4.69, 9.17) is 5.73 Å². The number of hydrogen-bond donors (Lipinski definition) is 2. The van der Waals surface area contributed by atoms with Crippen LogP contribution in [0.3, 0.4) is 0 Å². The molecule has 1 heterocycles. The van der Waals surface area contributed by atoms with Gasteiger partial charge in [0.1, 0.15) is 0 Å². The second-order valence-electron chi connectivity index (χ2n) is 2.80. The normalized spacial score (nSPS) is 10.6. The number of hydrogen-bond acceptors (Lipinski definition) is 3. The van der Waals surface area contributed by atoms with Crippen LogP contribution >= 0.6 is 22.9 Å². The highest BCUT2D eigenvalue weighted by atomic mass is 127. The smallest absolute Gasteiger partial charge is 0.282 e. The molecule has 0 spiro atoms. The van der Waals surface area contributed by atoms with Gasteiger partial charge in [0.2, 0.25) is 0 Å². The average molecular weight is 303 g/mol. The topological polar surface area (TPSA) is 80.9 Å². The van der Waals surface area contributed by atoms with Crippen LogP contribution in [0, 0.1) is 0 Å². The molecule has 2 rings (SSSR count). The summed E-state index contributed by atoms with van der Waals surface area (Å²) >= 11 is 1.72. The fourth-order valence-electron chi connectivity index (χ4n) is 1.30. The maximum absolute atomic E-state index is 11.6. The molecule has 14 heavy (non-hydrogen) atoms. The number of H-pyrrole nitrogens is 1. The molecule has 5 nitrogen and oxygen atoms in total. The monoisotopic (exact) mass is 303 g/mol. The zero-order chi connectivity index (χ0) is 10.3. The van der Waals surface area contributed by atoms with Gasteiger partial charge in [0, 0.05) is 5.69 Å². The maximum Gasteiger partial charge on any atom is 0.282 e. The molecular formula is C8H6IN3O2. The molecular weight excluding hydrogens is 297 g/mol. The van der Waals surface area contributed by atoms with Gasteiger partial charge in [0.05, 0.1) is 33.6 Å². The van der Waals surface area contributed by atoms with Gasteiger partial charge in [0.25, 0.3) is 11.1 Å². The Hall–Kier alpha value is -1.31. The van der Waals surface area contributed by atoms with Crippen molar-refractivity contribution in [2.24, 2.45) is 0 Å². The lowest BCUT2D eigenvalue weighted by Gasteiger charge is -2.01. The number of rotatable bonds is 0. The van der Waals surface area contributed by atoms with Crippen LogP contribution in [-0.4, -0.2) is 7.99 Å². The third-order valence-electron chi connectivity index (χ3n) is 1.93.